The second-order valence-electron chi connectivity index (χ2n) is 6.66. The molecular formula is C18H22FN3O3S. The molecule has 0 bridgehead atoms. The molecule has 0 aliphatic rings. The zero-order chi connectivity index (χ0) is 19.3. The molecule has 2 N–H and O–H groups in total. The van der Waals surface area contributed by atoms with Gasteiger partial charge in [0.15, 0.2) is 5.13 Å². The maximum absolute atomic E-state index is 13.0. The molecule has 26 heavy (non-hydrogen) atoms. The first-order valence-corrected chi connectivity index (χ1v) is 8.96. The maximum atomic E-state index is 13.0. The average Bonchev–Trinajstić information content (AvgIpc) is 2.86. The summed E-state index contributed by atoms with van der Waals surface area (Å²) < 4.78 is 18.1. The third kappa shape index (κ3) is 6.11. The van der Waals surface area contributed by atoms with Gasteiger partial charge in [0.25, 0.3) is 0 Å². The Hall–Kier alpha value is -2.48. The predicted molar refractivity (Wildman–Crippen MR) is 99.7 cm³/mol. The molecule has 0 fully saturated rings. The number of amides is 2. The van der Waals surface area contributed by atoms with Crippen LogP contribution in [-0.4, -0.2) is 29.1 Å². The molecule has 1 heterocycles. The first-order chi connectivity index (χ1) is 12.1. The minimum Gasteiger partial charge on any atom is -0.444 e. The van der Waals surface area contributed by atoms with Crippen LogP contribution < -0.4 is 10.6 Å². The number of carbonyl (C=O) groups is 2. The van der Waals surface area contributed by atoms with Crippen LogP contribution in [0.3, 0.4) is 0 Å². The molecule has 6 nitrogen and oxygen atoms in total. The third-order valence-corrected chi connectivity index (χ3v) is 4.07. The van der Waals surface area contributed by atoms with Crippen LogP contribution >= 0.6 is 11.3 Å². The van der Waals surface area contributed by atoms with Crippen LogP contribution in [0.5, 0.6) is 0 Å². The number of halogens is 1. The Morgan fingerprint density at radius 2 is 1.88 bits per heavy atom. The van der Waals surface area contributed by atoms with Gasteiger partial charge in [-0.15, -0.1) is 11.3 Å². The average molecular weight is 379 g/mol. The molecule has 0 spiro atoms. The van der Waals surface area contributed by atoms with Crippen molar-refractivity contribution < 1.29 is 18.7 Å². The monoisotopic (exact) mass is 379 g/mol. The third-order valence-electron chi connectivity index (χ3n) is 3.18. The van der Waals surface area contributed by atoms with E-state index in [1.807, 2.05) is 6.92 Å². The summed E-state index contributed by atoms with van der Waals surface area (Å²) in [6.07, 6.45) is -0.460. The fourth-order valence-corrected chi connectivity index (χ4v) is 2.95. The molecule has 0 aliphatic carbocycles. The molecule has 0 unspecified atom stereocenters. The molecule has 0 radical (unpaired) electrons. The summed E-state index contributed by atoms with van der Waals surface area (Å²) in [5.41, 5.74) is 0.908. The van der Waals surface area contributed by atoms with E-state index in [1.165, 1.54) is 23.5 Å². The molecule has 0 aliphatic heterocycles. The number of aromatic nitrogens is 1. The van der Waals surface area contributed by atoms with E-state index in [2.05, 4.69) is 15.6 Å². The SMILES string of the molecule is Cc1sc(NC(=O)CCNC(=O)OC(C)(C)C)nc1-c1ccc(F)cc1. The number of hydrogen-bond acceptors (Lipinski definition) is 5. The minimum absolute atomic E-state index is 0.101. The molecule has 140 valence electrons. The molecule has 2 amide bonds. The van der Waals surface area contributed by atoms with Gasteiger partial charge in [0, 0.05) is 23.4 Å². The van der Waals surface area contributed by atoms with Crippen molar-refractivity contribution in [3.63, 3.8) is 0 Å². The van der Waals surface area contributed by atoms with Crippen LogP contribution in [-0.2, 0) is 9.53 Å². The fourth-order valence-electron chi connectivity index (χ4n) is 2.10. The van der Waals surface area contributed by atoms with Crippen molar-refractivity contribution >= 4 is 28.5 Å². The standard InChI is InChI=1S/C18H22FN3O3S/c1-11-15(12-5-7-13(19)8-6-12)22-16(26-11)21-14(23)9-10-20-17(24)25-18(2,3)4/h5-8H,9-10H2,1-4H3,(H,20,24)(H,21,22,23). The Balaban J connectivity index is 1.87. The Bertz CT molecular complexity index is 782. The lowest BCUT2D eigenvalue weighted by Gasteiger charge is -2.19. The quantitative estimate of drug-likeness (QED) is 0.819. The lowest BCUT2D eigenvalue weighted by Crippen LogP contribution is -2.34. The summed E-state index contributed by atoms with van der Waals surface area (Å²) in [5, 5.41) is 5.70. The largest absolute Gasteiger partial charge is 0.444 e. The fraction of sp³-hybridized carbons (Fsp3) is 0.389. The van der Waals surface area contributed by atoms with E-state index in [-0.39, 0.29) is 24.7 Å². The molecular weight excluding hydrogens is 357 g/mol. The Labute approximate surface area is 155 Å². The second-order valence-corrected chi connectivity index (χ2v) is 7.86. The maximum Gasteiger partial charge on any atom is 0.407 e. The predicted octanol–water partition coefficient (Wildman–Crippen LogP) is 4.11. The summed E-state index contributed by atoms with van der Waals surface area (Å²) in [6, 6.07) is 6.03. The molecule has 8 heteroatoms. The van der Waals surface area contributed by atoms with Crippen molar-refractivity contribution in [2.75, 3.05) is 11.9 Å². The van der Waals surface area contributed by atoms with E-state index in [9.17, 15) is 14.0 Å². The molecule has 0 saturated carbocycles. The summed E-state index contributed by atoms with van der Waals surface area (Å²) >= 11 is 1.34. The smallest absolute Gasteiger partial charge is 0.407 e. The summed E-state index contributed by atoms with van der Waals surface area (Å²) in [6.45, 7) is 7.35. The van der Waals surface area contributed by atoms with E-state index in [0.717, 1.165) is 10.4 Å². The Morgan fingerprint density at radius 3 is 2.50 bits per heavy atom. The van der Waals surface area contributed by atoms with Crippen molar-refractivity contribution in [3.8, 4) is 11.3 Å². The number of ether oxygens (including phenoxy) is 1. The molecule has 1 aromatic heterocycles. The highest BCUT2D eigenvalue weighted by molar-refractivity contribution is 7.16. The number of aryl methyl sites for hydroxylation is 1. The Kier molecular flexibility index (Phi) is 6.31. The number of rotatable bonds is 5. The number of alkyl carbamates (subject to hydrolysis) is 1. The first-order valence-electron chi connectivity index (χ1n) is 8.14. The molecule has 2 aromatic rings. The highest BCUT2D eigenvalue weighted by Gasteiger charge is 2.16. The molecule has 2 rings (SSSR count). The summed E-state index contributed by atoms with van der Waals surface area (Å²) in [5.74, 6) is -0.576. The minimum atomic E-state index is -0.582. The number of nitrogens with one attached hydrogen (secondary N) is 2. The van der Waals surface area contributed by atoms with Gasteiger partial charge in [-0.3, -0.25) is 4.79 Å². The van der Waals surface area contributed by atoms with Gasteiger partial charge in [-0.1, -0.05) is 0 Å². The van der Waals surface area contributed by atoms with Gasteiger partial charge in [0.2, 0.25) is 5.91 Å². The normalized spacial score (nSPS) is 11.1. The lowest BCUT2D eigenvalue weighted by atomic mass is 10.1. The van der Waals surface area contributed by atoms with Crippen molar-refractivity contribution in [1.82, 2.24) is 10.3 Å². The van der Waals surface area contributed by atoms with Gasteiger partial charge in [-0.05, 0) is 52.0 Å². The lowest BCUT2D eigenvalue weighted by molar-refractivity contribution is -0.116. The van der Waals surface area contributed by atoms with Crippen molar-refractivity contribution in [2.24, 2.45) is 0 Å². The second kappa shape index (κ2) is 8.27. The van der Waals surface area contributed by atoms with Gasteiger partial charge < -0.3 is 15.4 Å². The van der Waals surface area contributed by atoms with E-state index in [4.69, 9.17) is 4.74 Å². The number of carbonyl (C=O) groups excluding carboxylic acids is 2. The van der Waals surface area contributed by atoms with Gasteiger partial charge in [0.05, 0.1) is 5.69 Å². The van der Waals surface area contributed by atoms with Crippen LogP contribution in [0.4, 0.5) is 14.3 Å². The molecule has 0 saturated heterocycles. The van der Waals surface area contributed by atoms with Gasteiger partial charge in [0.1, 0.15) is 11.4 Å². The topological polar surface area (TPSA) is 80.3 Å². The van der Waals surface area contributed by atoms with Crippen molar-refractivity contribution in [3.05, 3.63) is 35.0 Å². The number of nitrogens with zero attached hydrogens (tertiary/aromatic N) is 1. The highest BCUT2D eigenvalue weighted by Crippen LogP contribution is 2.30. The van der Waals surface area contributed by atoms with Crippen LogP contribution in [0.25, 0.3) is 11.3 Å². The van der Waals surface area contributed by atoms with E-state index >= 15 is 0 Å². The van der Waals surface area contributed by atoms with Crippen molar-refractivity contribution in [1.29, 1.82) is 0 Å². The van der Waals surface area contributed by atoms with E-state index < -0.39 is 11.7 Å². The van der Waals surface area contributed by atoms with E-state index in [0.29, 0.717) is 10.8 Å². The number of hydrogen-bond donors (Lipinski definition) is 2. The zero-order valence-corrected chi connectivity index (χ0v) is 16.0. The van der Waals surface area contributed by atoms with Crippen LogP contribution in [0.2, 0.25) is 0 Å². The number of anilines is 1. The highest BCUT2D eigenvalue weighted by atomic mass is 32.1. The Morgan fingerprint density at radius 1 is 1.23 bits per heavy atom. The van der Waals surface area contributed by atoms with Crippen LogP contribution in [0.1, 0.15) is 32.1 Å². The van der Waals surface area contributed by atoms with Gasteiger partial charge in [-0.25, -0.2) is 14.2 Å². The first kappa shape index (κ1) is 19.8. The van der Waals surface area contributed by atoms with Crippen LogP contribution in [0.15, 0.2) is 24.3 Å². The van der Waals surface area contributed by atoms with Crippen LogP contribution in [0, 0.1) is 12.7 Å². The van der Waals surface area contributed by atoms with Crippen molar-refractivity contribution in [2.45, 2.75) is 39.7 Å². The van der Waals surface area contributed by atoms with Gasteiger partial charge in [-0.2, -0.15) is 0 Å². The number of thiazole rings is 1. The van der Waals surface area contributed by atoms with E-state index in [1.54, 1.807) is 32.9 Å². The number of benzene rings is 1. The molecule has 1 aromatic carbocycles. The summed E-state index contributed by atoms with van der Waals surface area (Å²) in [4.78, 5) is 28.8. The molecule has 0 atom stereocenters. The zero-order valence-electron chi connectivity index (χ0n) is 15.2. The van der Waals surface area contributed by atoms with Gasteiger partial charge >= 0.3 is 6.09 Å². The summed E-state index contributed by atoms with van der Waals surface area (Å²) in [7, 11) is 0.